The van der Waals surface area contributed by atoms with Gasteiger partial charge in [0.2, 0.25) is 5.91 Å². The van der Waals surface area contributed by atoms with E-state index in [1.807, 2.05) is 6.07 Å². The number of anilines is 1. The van der Waals surface area contributed by atoms with Gasteiger partial charge in [0.05, 0.1) is 10.8 Å². The molecule has 1 amide bonds. The van der Waals surface area contributed by atoms with E-state index < -0.39 is 0 Å². The highest BCUT2D eigenvalue weighted by atomic mass is 35.5. The van der Waals surface area contributed by atoms with Crippen LogP contribution in [0.25, 0.3) is 0 Å². The minimum absolute atomic E-state index is 0.0251. The lowest BCUT2D eigenvalue weighted by molar-refractivity contribution is -0.118. The van der Waals surface area contributed by atoms with Gasteiger partial charge in [-0.25, -0.2) is 0 Å². The van der Waals surface area contributed by atoms with E-state index >= 15 is 0 Å². The standard InChI is InChI=1S/C9H11ClN2OS/c1-12-9(13)5-14-8-3-2-6(11)4-7(8)10/h2-4H,5,11H2,1H3,(H,12,13). The molecule has 0 unspecified atom stereocenters. The summed E-state index contributed by atoms with van der Waals surface area (Å²) in [7, 11) is 1.60. The lowest BCUT2D eigenvalue weighted by atomic mass is 10.3. The second-order valence-corrected chi connectivity index (χ2v) is 4.08. The van der Waals surface area contributed by atoms with Crippen molar-refractivity contribution in [3.8, 4) is 0 Å². The highest BCUT2D eigenvalue weighted by Gasteiger charge is 2.04. The minimum atomic E-state index is -0.0251. The third kappa shape index (κ3) is 3.12. The Morgan fingerprint density at radius 2 is 2.36 bits per heavy atom. The quantitative estimate of drug-likeness (QED) is 0.615. The number of nitrogens with two attached hydrogens (primary N) is 1. The fourth-order valence-corrected chi connectivity index (χ4v) is 1.99. The van der Waals surface area contributed by atoms with Crippen molar-refractivity contribution < 1.29 is 4.79 Å². The second-order valence-electron chi connectivity index (χ2n) is 2.65. The first-order valence-corrected chi connectivity index (χ1v) is 5.38. The number of halogens is 1. The highest BCUT2D eigenvalue weighted by Crippen LogP contribution is 2.28. The Balaban J connectivity index is 2.63. The van der Waals surface area contributed by atoms with Gasteiger partial charge in [0.1, 0.15) is 0 Å². The predicted octanol–water partition coefficient (Wildman–Crippen LogP) is 1.76. The van der Waals surface area contributed by atoms with Crippen molar-refractivity contribution in [1.29, 1.82) is 0 Å². The number of rotatable bonds is 3. The number of carbonyl (C=O) groups is 1. The van der Waals surface area contributed by atoms with Crippen molar-refractivity contribution in [1.82, 2.24) is 5.32 Å². The second kappa shape index (κ2) is 5.12. The molecule has 0 fully saturated rings. The molecular weight excluding hydrogens is 220 g/mol. The molecule has 1 rings (SSSR count). The van der Waals surface area contributed by atoms with E-state index in [-0.39, 0.29) is 5.91 Å². The summed E-state index contributed by atoms with van der Waals surface area (Å²) in [5, 5.41) is 3.12. The van der Waals surface area contributed by atoms with Crippen LogP contribution in [0.15, 0.2) is 23.1 Å². The molecule has 0 bridgehead atoms. The van der Waals surface area contributed by atoms with E-state index in [1.54, 1.807) is 19.2 Å². The topological polar surface area (TPSA) is 55.1 Å². The Bertz CT molecular complexity index is 344. The molecular formula is C9H11ClN2OS. The zero-order valence-electron chi connectivity index (χ0n) is 7.71. The van der Waals surface area contributed by atoms with Crippen LogP contribution in [0, 0.1) is 0 Å². The molecule has 0 heterocycles. The molecule has 0 aliphatic carbocycles. The number of carbonyl (C=O) groups excluding carboxylic acids is 1. The van der Waals surface area contributed by atoms with Gasteiger partial charge in [-0.15, -0.1) is 11.8 Å². The van der Waals surface area contributed by atoms with E-state index in [4.69, 9.17) is 17.3 Å². The van der Waals surface area contributed by atoms with Gasteiger partial charge in [-0.3, -0.25) is 4.79 Å². The summed E-state index contributed by atoms with van der Waals surface area (Å²) in [4.78, 5) is 11.8. The molecule has 5 heteroatoms. The molecule has 14 heavy (non-hydrogen) atoms. The molecule has 0 radical (unpaired) electrons. The van der Waals surface area contributed by atoms with Crippen LogP contribution in [-0.2, 0) is 4.79 Å². The maximum atomic E-state index is 11.0. The summed E-state index contributed by atoms with van der Waals surface area (Å²) in [6.07, 6.45) is 0. The van der Waals surface area contributed by atoms with Gasteiger partial charge in [-0.2, -0.15) is 0 Å². The lowest BCUT2D eigenvalue weighted by Crippen LogP contribution is -2.19. The molecule has 0 saturated heterocycles. The SMILES string of the molecule is CNC(=O)CSc1ccc(N)cc1Cl. The predicted molar refractivity (Wildman–Crippen MR) is 60.7 cm³/mol. The number of amides is 1. The van der Waals surface area contributed by atoms with Gasteiger partial charge >= 0.3 is 0 Å². The van der Waals surface area contributed by atoms with Crippen molar-refractivity contribution in [2.24, 2.45) is 0 Å². The molecule has 0 aromatic heterocycles. The number of nitrogens with one attached hydrogen (secondary N) is 1. The van der Waals surface area contributed by atoms with Crippen LogP contribution in [0.2, 0.25) is 5.02 Å². The normalized spacial score (nSPS) is 9.86. The summed E-state index contributed by atoms with van der Waals surface area (Å²) in [6, 6.07) is 5.25. The molecule has 0 spiro atoms. The van der Waals surface area contributed by atoms with Gasteiger partial charge in [-0.05, 0) is 18.2 Å². The van der Waals surface area contributed by atoms with Crippen molar-refractivity contribution in [3.63, 3.8) is 0 Å². The lowest BCUT2D eigenvalue weighted by Gasteiger charge is -2.03. The fraction of sp³-hybridized carbons (Fsp3) is 0.222. The molecule has 1 aromatic rings. The molecule has 0 aliphatic heterocycles. The van der Waals surface area contributed by atoms with Crippen LogP contribution in [0.5, 0.6) is 0 Å². The number of hydrogen-bond donors (Lipinski definition) is 2. The first kappa shape index (κ1) is 11.2. The van der Waals surface area contributed by atoms with Crippen molar-refractivity contribution in [2.45, 2.75) is 4.90 Å². The van der Waals surface area contributed by atoms with Gasteiger partial charge in [0.15, 0.2) is 0 Å². The number of benzene rings is 1. The van der Waals surface area contributed by atoms with E-state index in [0.717, 1.165) is 4.90 Å². The summed E-state index contributed by atoms with van der Waals surface area (Å²) in [5.41, 5.74) is 6.16. The average molecular weight is 231 g/mol. The van der Waals surface area contributed by atoms with Gasteiger partial charge in [0, 0.05) is 17.6 Å². The Kier molecular flexibility index (Phi) is 4.10. The first-order valence-electron chi connectivity index (χ1n) is 4.02. The zero-order chi connectivity index (χ0) is 10.6. The summed E-state index contributed by atoms with van der Waals surface area (Å²) in [6.45, 7) is 0. The Hall–Kier alpha value is -0.870. The van der Waals surface area contributed by atoms with Crippen LogP contribution in [0.3, 0.4) is 0 Å². The van der Waals surface area contributed by atoms with Crippen LogP contribution in [0.4, 0.5) is 5.69 Å². The molecule has 0 aliphatic rings. The molecule has 3 N–H and O–H groups in total. The van der Waals surface area contributed by atoms with Gasteiger partial charge < -0.3 is 11.1 Å². The van der Waals surface area contributed by atoms with Crippen molar-refractivity contribution in [2.75, 3.05) is 18.5 Å². The fourth-order valence-electron chi connectivity index (χ4n) is 0.850. The molecule has 3 nitrogen and oxygen atoms in total. The maximum Gasteiger partial charge on any atom is 0.230 e. The average Bonchev–Trinajstić information content (AvgIpc) is 2.16. The monoisotopic (exact) mass is 230 g/mol. The van der Waals surface area contributed by atoms with Crippen LogP contribution >= 0.6 is 23.4 Å². The Morgan fingerprint density at radius 3 is 2.93 bits per heavy atom. The number of hydrogen-bond acceptors (Lipinski definition) is 3. The zero-order valence-corrected chi connectivity index (χ0v) is 9.28. The van der Waals surface area contributed by atoms with Crippen LogP contribution in [-0.4, -0.2) is 18.7 Å². The Labute approximate surface area is 92.0 Å². The van der Waals surface area contributed by atoms with Crippen molar-refractivity contribution >= 4 is 35.0 Å². The molecule has 76 valence electrons. The molecule has 0 saturated carbocycles. The first-order chi connectivity index (χ1) is 6.63. The summed E-state index contributed by atoms with van der Waals surface area (Å²) in [5.74, 6) is 0.336. The number of thioether (sulfide) groups is 1. The summed E-state index contributed by atoms with van der Waals surface area (Å²) < 4.78 is 0. The van der Waals surface area contributed by atoms with Crippen LogP contribution < -0.4 is 11.1 Å². The molecule has 1 aromatic carbocycles. The largest absolute Gasteiger partial charge is 0.399 e. The Morgan fingerprint density at radius 1 is 1.64 bits per heavy atom. The van der Waals surface area contributed by atoms with E-state index in [0.29, 0.717) is 16.5 Å². The highest BCUT2D eigenvalue weighted by molar-refractivity contribution is 8.00. The minimum Gasteiger partial charge on any atom is -0.399 e. The van der Waals surface area contributed by atoms with Crippen molar-refractivity contribution in [3.05, 3.63) is 23.2 Å². The van der Waals surface area contributed by atoms with E-state index in [9.17, 15) is 4.79 Å². The van der Waals surface area contributed by atoms with E-state index in [1.165, 1.54) is 11.8 Å². The van der Waals surface area contributed by atoms with Gasteiger partial charge in [-0.1, -0.05) is 11.6 Å². The van der Waals surface area contributed by atoms with E-state index in [2.05, 4.69) is 5.32 Å². The maximum absolute atomic E-state index is 11.0. The molecule has 0 atom stereocenters. The smallest absolute Gasteiger partial charge is 0.230 e. The van der Waals surface area contributed by atoms with Crippen LogP contribution in [0.1, 0.15) is 0 Å². The third-order valence-electron chi connectivity index (χ3n) is 1.59. The van der Waals surface area contributed by atoms with Gasteiger partial charge in [0.25, 0.3) is 0 Å². The third-order valence-corrected chi connectivity index (χ3v) is 3.09. The summed E-state index contributed by atoms with van der Waals surface area (Å²) >= 11 is 7.31. The number of nitrogen functional groups attached to an aromatic ring is 1.